The second-order valence-corrected chi connectivity index (χ2v) is 9.03. The topological polar surface area (TPSA) is 68.3 Å². The molecule has 1 saturated carbocycles. The summed E-state index contributed by atoms with van der Waals surface area (Å²) in [7, 11) is 0. The molecule has 4 rings (SSSR count). The van der Waals surface area contributed by atoms with Crippen molar-refractivity contribution in [2.75, 3.05) is 5.32 Å². The molecule has 2 aromatic carbocycles. The molecule has 0 atom stereocenters. The van der Waals surface area contributed by atoms with Gasteiger partial charge in [-0.25, -0.2) is 4.98 Å². The van der Waals surface area contributed by atoms with Gasteiger partial charge in [-0.1, -0.05) is 12.1 Å². The van der Waals surface area contributed by atoms with Crippen LogP contribution in [0, 0.1) is 5.92 Å². The molecule has 156 valence electrons. The van der Waals surface area contributed by atoms with E-state index in [4.69, 9.17) is 4.74 Å². The van der Waals surface area contributed by atoms with Crippen LogP contribution in [0.3, 0.4) is 0 Å². The fourth-order valence-electron chi connectivity index (χ4n) is 4.03. The summed E-state index contributed by atoms with van der Waals surface area (Å²) in [5.41, 5.74) is 5.36. The molecule has 1 amide bonds. The van der Waals surface area contributed by atoms with Crippen LogP contribution in [0.1, 0.15) is 61.4 Å². The number of ether oxygens (including phenoxy) is 1. The molecule has 1 aliphatic rings. The van der Waals surface area contributed by atoms with E-state index in [0.29, 0.717) is 11.5 Å². The van der Waals surface area contributed by atoms with Gasteiger partial charge in [0.1, 0.15) is 0 Å². The molecule has 0 radical (unpaired) electrons. The lowest BCUT2D eigenvalue weighted by Crippen LogP contribution is -2.25. The Morgan fingerprint density at radius 1 is 1.07 bits per heavy atom. The number of fused-ring (bicyclic) bond motifs is 1. The van der Waals surface area contributed by atoms with E-state index < -0.39 is 0 Å². The minimum absolute atomic E-state index is 0.0260. The minimum atomic E-state index is -0.123. The van der Waals surface area contributed by atoms with Crippen LogP contribution < -0.4 is 5.32 Å². The number of nitrogens with zero attached hydrogens (tertiary/aromatic N) is 1. The van der Waals surface area contributed by atoms with Crippen molar-refractivity contribution in [1.29, 1.82) is 0 Å². The van der Waals surface area contributed by atoms with E-state index in [2.05, 4.69) is 22.4 Å². The highest BCUT2D eigenvalue weighted by molar-refractivity contribution is 7.16. The van der Waals surface area contributed by atoms with Crippen LogP contribution in [0.5, 0.6) is 0 Å². The molecule has 0 saturated heterocycles. The summed E-state index contributed by atoms with van der Waals surface area (Å²) < 4.78 is 6.36. The molecule has 0 spiro atoms. The van der Waals surface area contributed by atoms with Crippen molar-refractivity contribution in [3.63, 3.8) is 0 Å². The normalized spacial score (nSPS) is 19.0. The van der Waals surface area contributed by atoms with Gasteiger partial charge in [0, 0.05) is 11.3 Å². The SMILES string of the molecule is CC(C)OC(=O)C1CCC(c2ccc(NC(=O)c3ccc4ncsc4c3)cc2)CC1. The third-order valence-corrected chi connectivity index (χ3v) is 6.44. The predicted molar refractivity (Wildman–Crippen MR) is 120 cm³/mol. The molecule has 0 aliphatic heterocycles. The van der Waals surface area contributed by atoms with Gasteiger partial charge in [-0.3, -0.25) is 9.59 Å². The highest BCUT2D eigenvalue weighted by Gasteiger charge is 2.28. The first kappa shape index (κ1) is 20.5. The number of esters is 1. The number of carbonyl (C=O) groups excluding carboxylic acids is 2. The average Bonchev–Trinajstić information content (AvgIpc) is 3.22. The van der Waals surface area contributed by atoms with Gasteiger partial charge < -0.3 is 10.1 Å². The summed E-state index contributed by atoms with van der Waals surface area (Å²) >= 11 is 1.53. The maximum atomic E-state index is 12.6. The van der Waals surface area contributed by atoms with Crippen LogP contribution in [0.15, 0.2) is 48.0 Å². The standard InChI is InChI=1S/C24H26N2O3S/c1-15(2)29-24(28)18-5-3-16(4-6-18)17-7-10-20(11-8-17)26-23(27)19-9-12-21-22(13-19)30-14-25-21/h7-16,18H,3-6H2,1-2H3,(H,26,27). The van der Waals surface area contributed by atoms with Crippen molar-refractivity contribution in [3.8, 4) is 0 Å². The van der Waals surface area contributed by atoms with Gasteiger partial charge in [-0.2, -0.15) is 0 Å². The number of nitrogens with one attached hydrogen (secondary N) is 1. The maximum absolute atomic E-state index is 12.6. The number of benzene rings is 2. The Labute approximate surface area is 180 Å². The zero-order valence-corrected chi connectivity index (χ0v) is 18.1. The molecule has 5 nitrogen and oxygen atoms in total. The molecule has 1 N–H and O–H groups in total. The van der Waals surface area contributed by atoms with Gasteiger partial charge in [0.15, 0.2) is 0 Å². The van der Waals surface area contributed by atoms with E-state index in [1.165, 1.54) is 16.9 Å². The van der Waals surface area contributed by atoms with E-state index in [9.17, 15) is 9.59 Å². The van der Waals surface area contributed by atoms with Crippen molar-refractivity contribution < 1.29 is 14.3 Å². The van der Waals surface area contributed by atoms with E-state index in [0.717, 1.165) is 41.6 Å². The molecule has 1 fully saturated rings. The monoisotopic (exact) mass is 422 g/mol. The Bertz CT molecular complexity index is 1030. The van der Waals surface area contributed by atoms with Gasteiger partial charge >= 0.3 is 5.97 Å². The molecule has 0 unspecified atom stereocenters. The Morgan fingerprint density at radius 2 is 1.80 bits per heavy atom. The predicted octanol–water partition coefficient (Wildman–Crippen LogP) is 5.77. The molecular formula is C24H26N2O3S. The molecule has 6 heteroatoms. The van der Waals surface area contributed by atoms with E-state index in [1.54, 1.807) is 11.6 Å². The van der Waals surface area contributed by atoms with Crippen molar-refractivity contribution in [2.45, 2.75) is 51.6 Å². The third-order valence-electron chi connectivity index (χ3n) is 5.65. The second kappa shape index (κ2) is 8.96. The Kier molecular flexibility index (Phi) is 6.13. The van der Waals surface area contributed by atoms with Crippen LogP contribution in [0.2, 0.25) is 0 Å². The number of hydrogen-bond acceptors (Lipinski definition) is 5. The number of thiazole rings is 1. The first-order valence-electron chi connectivity index (χ1n) is 10.4. The number of carbonyl (C=O) groups is 2. The van der Waals surface area contributed by atoms with Crippen LogP contribution in [0.4, 0.5) is 5.69 Å². The number of amides is 1. The first-order chi connectivity index (χ1) is 14.5. The zero-order valence-electron chi connectivity index (χ0n) is 17.3. The highest BCUT2D eigenvalue weighted by Crippen LogP contribution is 2.36. The van der Waals surface area contributed by atoms with E-state index in [-0.39, 0.29) is 23.9 Å². The summed E-state index contributed by atoms with van der Waals surface area (Å²) in [6, 6.07) is 13.6. The number of hydrogen-bond donors (Lipinski definition) is 1. The summed E-state index contributed by atoms with van der Waals surface area (Å²) in [4.78, 5) is 28.9. The lowest BCUT2D eigenvalue weighted by Gasteiger charge is -2.28. The quantitative estimate of drug-likeness (QED) is 0.530. The maximum Gasteiger partial charge on any atom is 0.309 e. The van der Waals surface area contributed by atoms with Crippen LogP contribution in [-0.2, 0) is 9.53 Å². The van der Waals surface area contributed by atoms with Gasteiger partial charge in [0.25, 0.3) is 5.91 Å². The third kappa shape index (κ3) is 4.70. The van der Waals surface area contributed by atoms with Gasteiger partial charge in [-0.05, 0) is 81.3 Å². The number of anilines is 1. The van der Waals surface area contributed by atoms with Crippen LogP contribution in [-0.4, -0.2) is 23.0 Å². The minimum Gasteiger partial charge on any atom is -0.463 e. The highest BCUT2D eigenvalue weighted by atomic mass is 32.1. The number of rotatable bonds is 5. The molecule has 30 heavy (non-hydrogen) atoms. The van der Waals surface area contributed by atoms with Crippen molar-refractivity contribution in [2.24, 2.45) is 5.92 Å². The summed E-state index contributed by atoms with van der Waals surface area (Å²) in [5.74, 6) is 0.296. The Morgan fingerprint density at radius 3 is 2.50 bits per heavy atom. The number of aromatic nitrogens is 1. The Balaban J connectivity index is 1.34. The molecule has 1 heterocycles. The lowest BCUT2D eigenvalue weighted by atomic mass is 9.78. The van der Waals surface area contributed by atoms with Crippen molar-refractivity contribution in [3.05, 3.63) is 59.1 Å². The molecule has 3 aromatic rings. The van der Waals surface area contributed by atoms with Crippen LogP contribution >= 0.6 is 11.3 Å². The van der Waals surface area contributed by atoms with Crippen molar-refractivity contribution >= 4 is 39.1 Å². The van der Waals surface area contributed by atoms with Gasteiger partial charge in [-0.15, -0.1) is 11.3 Å². The molecule has 1 aliphatic carbocycles. The van der Waals surface area contributed by atoms with Crippen molar-refractivity contribution in [1.82, 2.24) is 4.98 Å². The fourth-order valence-corrected chi connectivity index (χ4v) is 4.75. The molecular weight excluding hydrogens is 396 g/mol. The summed E-state index contributed by atoms with van der Waals surface area (Å²) in [6.45, 7) is 3.78. The smallest absolute Gasteiger partial charge is 0.309 e. The lowest BCUT2D eigenvalue weighted by molar-refractivity contribution is -0.153. The molecule has 1 aromatic heterocycles. The Hall–Kier alpha value is -2.73. The fraction of sp³-hybridized carbons (Fsp3) is 0.375. The largest absolute Gasteiger partial charge is 0.463 e. The molecule has 0 bridgehead atoms. The van der Waals surface area contributed by atoms with E-state index in [1.807, 2.05) is 38.1 Å². The van der Waals surface area contributed by atoms with Crippen LogP contribution in [0.25, 0.3) is 10.2 Å². The van der Waals surface area contributed by atoms with E-state index >= 15 is 0 Å². The zero-order chi connectivity index (χ0) is 21.1. The first-order valence-corrected chi connectivity index (χ1v) is 11.3. The summed E-state index contributed by atoms with van der Waals surface area (Å²) in [6.07, 6.45) is 3.65. The second-order valence-electron chi connectivity index (χ2n) is 8.15. The van der Waals surface area contributed by atoms with Gasteiger partial charge in [0.05, 0.1) is 27.7 Å². The van der Waals surface area contributed by atoms with Gasteiger partial charge in [0.2, 0.25) is 0 Å². The average molecular weight is 423 g/mol. The summed E-state index contributed by atoms with van der Waals surface area (Å²) in [5, 5.41) is 2.97.